The summed E-state index contributed by atoms with van der Waals surface area (Å²) in [5.41, 5.74) is 8.17. The van der Waals surface area contributed by atoms with E-state index >= 15 is 0 Å². The summed E-state index contributed by atoms with van der Waals surface area (Å²) >= 11 is 6.29. The normalized spacial score (nSPS) is 11.8. The van der Waals surface area contributed by atoms with Gasteiger partial charge in [0.1, 0.15) is 6.61 Å². The Morgan fingerprint density at radius 1 is 1.45 bits per heavy atom. The zero-order chi connectivity index (χ0) is 15.9. The largest absolute Gasteiger partial charge is 0.493 e. The molecule has 0 aliphatic carbocycles. The fourth-order valence-corrected chi connectivity index (χ4v) is 2.43. The molecular formula is C17H19ClN2O2. The predicted molar refractivity (Wildman–Crippen MR) is 88.6 cm³/mol. The van der Waals surface area contributed by atoms with Crippen LogP contribution in [0.4, 0.5) is 0 Å². The zero-order valence-corrected chi connectivity index (χ0v) is 13.2. The minimum Gasteiger partial charge on any atom is -0.493 e. The molecule has 0 spiro atoms. The van der Waals surface area contributed by atoms with Crippen molar-refractivity contribution in [2.75, 3.05) is 13.7 Å². The number of ether oxygens (including phenoxy) is 2. The Morgan fingerprint density at radius 2 is 2.27 bits per heavy atom. The molecule has 2 N–H and O–H groups in total. The van der Waals surface area contributed by atoms with Gasteiger partial charge in [0.25, 0.3) is 0 Å². The van der Waals surface area contributed by atoms with Crippen molar-refractivity contribution < 1.29 is 9.47 Å². The van der Waals surface area contributed by atoms with Gasteiger partial charge in [-0.2, -0.15) is 0 Å². The van der Waals surface area contributed by atoms with Gasteiger partial charge in [0.05, 0.1) is 12.1 Å². The van der Waals surface area contributed by atoms with E-state index in [0.717, 1.165) is 11.1 Å². The number of methoxy groups -OCH3 is 1. The minimum absolute atomic E-state index is 0.158. The molecule has 0 bridgehead atoms. The molecule has 2 aromatic rings. The third-order valence-corrected chi connectivity index (χ3v) is 3.48. The smallest absolute Gasteiger partial charge is 0.180 e. The van der Waals surface area contributed by atoms with Gasteiger partial charge in [-0.1, -0.05) is 30.3 Å². The highest BCUT2D eigenvalue weighted by Crippen LogP contribution is 2.37. The van der Waals surface area contributed by atoms with Gasteiger partial charge in [-0.05, 0) is 35.7 Å². The van der Waals surface area contributed by atoms with E-state index in [4.69, 9.17) is 26.8 Å². The number of pyridine rings is 1. The Bertz CT molecular complexity index is 632. The van der Waals surface area contributed by atoms with E-state index < -0.39 is 0 Å². The molecule has 1 heterocycles. The fraction of sp³-hybridized carbons (Fsp3) is 0.235. The summed E-state index contributed by atoms with van der Waals surface area (Å²) in [6.45, 7) is 3.99. The SMILES string of the molecule is C=CCOc1c(Cl)cc(CC(N)c2cccnc2)cc1OC. The third kappa shape index (κ3) is 4.00. The molecule has 0 aliphatic heterocycles. The summed E-state index contributed by atoms with van der Waals surface area (Å²) in [6.07, 6.45) is 5.78. The second-order valence-corrected chi connectivity index (χ2v) is 5.21. The minimum atomic E-state index is -0.158. The fourth-order valence-electron chi connectivity index (χ4n) is 2.14. The predicted octanol–water partition coefficient (Wildman–Crippen LogP) is 3.55. The van der Waals surface area contributed by atoms with Crippen LogP contribution in [0.25, 0.3) is 0 Å². The number of nitrogens with two attached hydrogens (primary N) is 1. The van der Waals surface area contributed by atoms with E-state index in [0.29, 0.717) is 29.5 Å². The van der Waals surface area contributed by atoms with Crippen molar-refractivity contribution in [1.82, 2.24) is 4.98 Å². The Kier molecular flexibility index (Phi) is 5.81. The van der Waals surface area contributed by atoms with Crippen LogP contribution in [0.2, 0.25) is 5.02 Å². The standard InChI is InChI=1S/C17H19ClN2O2/c1-3-7-22-17-14(18)8-12(10-16(17)21-2)9-15(19)13-5-4-6-20-11-13/h3-6,8,10-11,15H,1,7,9,19H2,2H3. The van der Waals surface area contributed by atoms with Gasteiger partial charge in [-0.15, -0.1) is 0 Å². The second kappa shape index (κ2) is 7.82. The van der Waals surface area contributed by atoms with E-state index in [1.807, 2.05) is 24.3 Å². The van der Waals surface area contributed by atoms with E-state index in [1.165, 1.54) is 0 Å². The van der Waals surface area contributed by atoms with Crippen molar-refractivity contribution in [3.63, 3.8) is 0 Å². The number of hydrogen-bond acceptors (Lipinski definition) is 4. The summed E-state index contributed by atoms with van der Waals surface area (Å²) in [5, 5.41) is 0.495. The Morgan fingerprint density at radius 3 is 2.91 bits per heavy atom. The third-order valence-electron chi connectivity index (χ3n) is 3.20. The van der Waals surface area contributed by atoms with Crippen LogP contribution < -0.4 is 15.2 Å². The molecule has 2 rings (SSSR count). The zero-order valence-electron chi connectivity index (χ0n) is 12.5. The first-order chi connectivity index (χ1) is 10.7. The number of hydrogen-bond donors (Lipinski definition) is 1. The number of halogens is 1. The maximum absolute atomic E-state index is 6.29. The van der Waals surface area contributed by atoms with Crippen molar-refractivity contribution in [1.29, 1.82) is 0 Å². The molecule has 1 aromatic carbocycles. The molecule has 0 aliphatic rings. The summed E-state index contributed by atoms with van der Waals surface area (Å²) < 4.78 is 10.9. The van der Waals surface area contributed by atoms with E-state index in [-0.39, 0.29) is 6.04 Å². The molecule has 1 atom stereocenters. The van der Waals surface area contributed by atoms with Gasteiger partial charge >= 0.3 is 0 Å². The molecule has 0 saturated carbocycles. The average molecular weight is 319 g/mol. The lowest BCUT2D eigenvalue weighted by atomic mass is 10.0. The first-order valence-corrected chi connectivity index (χ1v) is 7.29. The van der Waals surface area contributed by atoms with Crippen LogP contribution in [0.3, 0.4) is 0 Å². The molecule has 4 nitrogen and oxygen atoms in total. The summed E-state index contributed by atoms with van der Waals surface area (Å²) in [4.78, 5) is 4.09. The highest BCUT2D eigenvalue weighted by Gasteiger charge is 2.14. The first-order valence-electron chi connectivity index (χ1n) is 6.91. The molecular weight excluding hydrogens is 300 g/mol. The van der Waals surface area contributed by atoms with Gasteiger partial charge < -0.3 is 15.2 Å². The molecule has 1 unspecified atom stereocenters. The molecule has 5 heteroatoms. The molecule has 0 fully saturated rings. The summed E-state index contributed by atoms with van der Waals surface area (Å²) in [6, 6.07) is 7.40. The number of rotatable bonds is 7. The topological polar surface area (TPSA) is 57.4 Å². The molecule has 0 saturated heterocycles. The highest BCUT2D eigenvalue weighted by molar-refractivity contribution is 6.32. The number of aromatic nitrogens is 1. The Balaban J connectivity index is 2.21. The lowest BCUT2D eigenvalue weighted by Crippen LogP contribution is -2.13. The number of nitrogens with zero attached hydrogens (tertiary/aromatic N) is 1. The molecule has 116 valence electrons. The molecule has 22 heavy (non-hydrogen) atoms. The Labute approximate surface area is 135 Å². The molecule has 0 radical (unpaired) electrons. The van der Waals surface area contributed by atoms with Crippen molar-refractivity contribution in [2.45, 2.75) is 12.5 Å². The number of benzene rings is 1. The van der Waals surface area contributed by atoms with Gasteiger partial charge in [0.2, 0.25) is 0 Å². The van der Waals surface area contributed by atoms with E-state index in [2.05, 4.69) is 11.6 Å². The summed E-state index contributed by atoms with van der Waals surface area (Å²) in [7, 11) is 1.58. The van der Waals surface area contributed by atoms with Crippen LogP contribution in [0.15, 0.2) is 49.3 Å². The summed E-state index contributed by atoms with van der Waals surface area (Å²) in [5.74, 6) is 1.10. The van der Waals surface area contributed by atoms with Crippen molar-refractivity contribution in [2.24, 2.45) is 5.73 Å². The van der Waals surface area contributed by atoms with Crippen LogP contribution in [0, 0.1) is 0 Å². The van der Waals surface area contributed by atoms with Crippen molar-refractivity contribution in [3.05, 3.63) is 65.5 Å². The maximum Gasteiger partial charge on any atom is 0.180 e. The lowest BCUT2D eigenvalue weighted by Gasteiger charge is -2.16. The van der Waals surface area contributed by atoms with Gasteiger partial charge in [0, 0.05) is 18.4 Å². The van der Waals surface area contributed by atoms with Gasteiger partial charge in [0.15, 0.2) is 11.5 Å². The van der Waals surface area contributed by atoms with Crippen LogP contribution in [-0.2, 0) is 6.42 Å². The van der Waals surface area contributed by atoms with Crippen LogP contribution in [-0.4, -0.2) is 18.7 Å². The average Bonchev–Trinajstić information content (AvgIpc) is 2.54. The second-order valence-electron chi connectivity index (χ2n) is 4.81. The lowest BCUT2D eigenvalue weighted by molar-refractivity contribution is 0.326. The van der Waals surface area contributed by atoms with E-state index in [1.54, 1.807) is 25.6 Å². The van der Waals surface area contributed by atoms with Crippen molar-refractivity contribution >= 4 is 11.6 Å². The van der Waals surface area contributed by atoms with Crippen LogP contribution in [0.1, 0.15) is 17.2 Å². The van der Waals surface area contributed by atoms with Crippen molar-refractivity contribution in [3.8, 4) is 11.5 Å². The van der Waals surface area contributed by atoms with Crippen LogP contribution in [0.5, 0.6) is 11.5 Å². The molecule has 0 amide bonds. The first kappa shape index (κ1) is 16.3. The van der Waals surface area contributed by atoms with Crippen LogP contribution >= 0.6 is 11.6 Å². The Hall–Kier alpha value is -2.04. The van der Waals surface area contributed by atoms with E-state index in [9.17, 15) is 0 Å². The van der Waals surface area contributed by atoms with Gasteiger partial charge in [-0.25, -0.2) is 0 Å². The highest BCUT2D eigenvalue weighted by atomic mass is 35.5. The monoisotopic (exact) mass is 318 g/mol. The quantitative estimate of drug-likeness (QED) is 0.793. The van der Waals surface area contributed by atoms with Gasteiger partial charge in [-0.3, -0.25) is 4.98 Å². The molecule has 1 aromatic heterocycles. The maximum atomic E-state index is 6.29.